The van der Waals surface area contributed by atoms with Gasteiger partial charge < -0.3 is 9.84 Å². The maximum absolute atomic E-state index is 12.7. The van der Waals surface area contributed by atoms with E-state index in [0.29, 0.717) is 41.4 Å². The van der Waals surface area contributed by atoms with Gasteiger partial charge >= 0.3 is 11.9 Å². The van der Waals surface area contributed by atoms with Crippen LogP contribution in [0.1, 0.15) is 163 Å². The summed E-state index contributed by atoms with van der Waals surface area (Å²) in [6, 6.07) is 0. The van der Waals surface area contributed by atoms with Gasteiger partial charge in [-0.3, -0.25) is 9.59 Å². The van der Waals surface area contributed by atoms with Gasteiger partial charge in [-0.2, -0.15) is 0 Å². The molecule has 4 fully saturated rings. The number of carboxylic acid groups (broad SMARTS) is 1. The zero-order valence-electron chi connectivity index (χ0n) is 26.6. The van der Waals surface area contributed by atoms with Crippen LogP contribution in [0.3, 0.4) is 0 Å². The molecule has 0 aromatic carbocycles. The Balaban J connectivity index is 1.22. The molecule has 40 heavy (non-hydrogen) atoms. The molecule has 0 aromatic rings. The van der Waals surface area contributed by atoms with Gasteiger partial charge in [0, 0.05) is 12.8 Å². The number of fused-ring (bicyclic) bond motifs is 5. The molecule has 0 radical (unpaired) electrons. The number of ether oxygens (including phenoxy) is 1. The molecule has 0 saturated heterocycles. The molecule has 0 aliphatic heterocycles. The predicted molar refractivity (Wildman–Crippen MR) is 163 cm³/mol. The van der Waals surface area contributed by atoms with Gasteiger partial charge in [0.2, 0.25) is 0 Å². The Morgan fingerprint density at radius 2 is 1.45 bits per heavy atom. The van der Waals surface area contributed by atoms with E-state index in [1.54, 1.807) is 0 Å². The lowest BCUT2D eigenvalue weighted by molar-refractivity contribution is -0.162. The summed E-state index contributed by atoms with van der Waals surface area (Å²) in [5.41, 5.74) is 0.793. The summed E-state index contributed by atoms with van der Waals surface area (Å²) in [4.78, 5) is 23.9. The quantitative estimate of drug-likeness (QED) is 0.160. The molecular formula is C36H62O4. The second-order valence-corrected chi connectivity index (χ2v) is 15.3. The molecule has 4 aliphatic rings. The average Bonchev–Trinajstić information content (AvgIpc) is 3.28. The largest absolute Gasteiger partial charge is 0.481 e. The van der Waals surface area contributed by atoms with E-state index < -0.39 is 5.97 Å². The van der Waals surface area contributed by atoms with Gasteiger partial charge in [0.1, 0.15) is 6.10 Å². The molecule has 0 bridgehead atoms. The van der Waals surface area contributed by atoms with Gasteiger partial charge in [0.15, 0.2) is 0 Å². The third kappa shape index (κ3) is 7.28. The molecule has 0 amide bonds. The van der Waals surface area contributed by atoms with Crippen LogP contribution >= 0.6 is 0 Å². The summed E-state index contributed by atoms with van der Waals surface area (Å²) < 4.78 is 6.08. The molecule has 230 valence electrons. The van der Waals surface area contributed by atoms with Gasteiger partial charge in [0.05, 0.1) is 0 Å². The summed E-state index contributed by atoms with van der Waals surface area (Å²) in [6.45, 7) is 9.76. The minimum Gasteiger partial charge on any atom is -0.481 e. The fourth-order valence-electron chi connectivity index (χ4n) is 10.7. The Labute approximate surface area is 246 Å². The molecule has 0 heterocycles. The van der Waals surface area contributed by atoms with E-state index in [-0.39, 0.29) is 12.1 Å². The fourth-order valence-corrected chi connectivity index (χ4v) is 10.7. The van der Waals surface area contributed by atoms with Crippen molar-refractivity contribution in [2.24, 2.45) is 46.3 Å². The number of aliphatic carboxylic acids is 1. The molecule has 4 heteroatoms. The van der Waals surface area contributed by atoms with Crippen molar-refractivity contribution in [2.45, 2.75) is 169 Å². The number of carbonyl (C=O) groups is 2. The number of carboxylic acids is 1. The Kier molecular flexibility index (Phi) is 11.5. The van der Waals surface area contributed by atoms with Crippen LogP contribution in [-0.2, 0) is 14.3 Å². The van der Waals surface area contributed by atoms with Gasteiger partial charge in [0.25, 0.3) is 0 Å². The third-order valence-electron chi connectivity index (χ3n) is 13.0. The number of carbonyl (C=O) groups excluding carboxylic acids is 1. The summed E-state index contributed by atoms with van der Waals surface area (Å²) in [6.07, 6.45) is 24.7. The highest BCUT2D eigenvalue weighted by molar-refractivity contribution is 5.69. The number of rotatable bonds is 15. The van der Waals surface area contributed by atoms with Gasteiger partial charge in [-0.15, -0.1) is 0 Å². The predicted octanol–water partition coefficient (Wildman–Crippen LogP) is 9.98. The molecule has 1 N–H and O–H groups in total. The Bertz CT molecular complexity index is 824. The first kappa shape index (κ1) is 31.9. The average molecular weight is 559 g/mol. The van der Waals surface area contributed by atoms with E-state index in [4.69, 9.17) is 4.74 Å². The number of hydrogen-bond donors (Lipinski definition) is 1. The van der Waals surface area contributed by atoms with Crippen molar-refractivity contribution >= 4 is 11.9 Å². The molecule has 4 rings (SSSR count). The SMILES string of the molecule is CCCCCCCCCCCC(=O)O[C@@H]1CC[C@@]2(C)[C@H](CC[C@@H]3[C@@H]2CC[C@]2(C)[C@@H]([C@H](C)CCC(=O)O)CC[C@@H]32)C1. The Morgan fingerprint density at radius 1 is 0.800 bits per heavy atom. The molecular weight excluding hydrogens is 496 g/mol. The van der Waals surface area contributed by atoms with Crippen molar-refractivity contribution < 1.29 is 19.4 Å². The van der Waals surface area contributed by atoms with Crippen molar-refractivity contribution in [2.75, 3.05) is 0 Å². The molecule has 9 atom stereocenters. The van der Waals surface area contributed by atoms with E-state index >= 15 is 0 Å². The third-order valence-corrected chi connectivity index (χ3v) is 13.0. The summed E-state index contributed by atoms with van der Waals surface area (Å²) in [5, 5.41) is 9.23. The first-order chi connectivity index (χ1) is 19.2. The maximum atomic E-state index is 12.7. The van der Waals surface area contributed by atoms with Crippen molar-refractivity contribution in [3.63, 3.8) is 0 Å². The van der Waals surface area contributed by atoms with Crippen molar-refractivity contribution in [3.8, 4) is 0 Å². The van der Waals surface area contributed by atoms with Gasteiger partial charge in [-0.25, -0.2) is 0 Å². The van der Waals surface area contributed by atoms with E-state index in [1.165, 1.54) is 89.9 Å². The van der Waals surface area contributed by atoms with Crippen molar-refractivity contribution in [1.29, 1.82) is 0 Å². The molecule has 0 aromatic heterocycles. The van der Waals surface area contributed by atoms with E-state index in [0.717, 1.165) is 49.9 Å². The van der Waals surface area contributed by atoms with Gasteiger partial charge in [-0.05, 0) is 117 Å². The van der Waals surface area contributed by atoms with Crippen molar-refractivity contribution in [1.82, 2.24) is 0 Å². The number of unbranched alkanes of at least 4 members (excludes halogenated alkanes) is 8. The van der Waals surface area contributed by atoms with Gasteiger partial charge in [-0.1, -0.05) is 79.1 Å². The number of hydrogen-bond acceptors (Lipinski definition) is 3. The van der Waals surface area contributed by atoms with Crippen LogP contribution in [0.25, 0.3) is 0 Å². The molecule has 0 spiro atoms. The molecule has 4 saturated carbocycles. The van der Waals surface area contributed by atoms with Crippen LogP contribution in [0.5, 0.6) is 0 Å². The minimum atomic E-state index is -0.647. The smallest absolute Gasteiger partial charge is 0.306 e. The fraction of sp³-hybridized carbons (Fsp3) is 0.944. The highest BCUT2D eigenvalue weighted by Crippen LogP contribution is 2.68. The maximum Gasteiger partial charge on any atom is 0.306 e. The minimum absolute atomic E-state index is 0.0488. The highest BCUT2D eigenvalue weighted by atomic mass is 16.5. The van der Waals surface area contributed by atoms with Crippen LogP contribution < -0.4 is 0 Å². The zero-order chi connectivity index (χ0) is 28.8. The van der Waals surface area contributed by atoms with Crippen LogP contribution in [0, 0.1) is 46.3 Å². The molecule has 0 unspecified atom stereocenters. The topological polar surface area (TPSA) is 63.6 Å². The van der Waals surface area contributed by atoms with Crippen LogP contribution in [0.15, 0.2) is 0 Å². The molecule has 4 aliphatic carbocycles. The summed E-state index contributed by atoms with van der Waals surface area (Å²) in [7, 11) is 0. The summed E-state index contributed by atoms with van der Waals surface area (Å²) in [5.74, 6) is 3.76. The standard InChI is InChI=1S/C36H62O4/c1-5-6-7-8-9-10-11-12-13-14-34(39)40-28-21-23-35(3)27(25-28)16-17-29-31-19-18-30(26(2)15-20-33(37)38)36(31,4)24-22-32(29)35/h26-32H,5-25H2,1-4H3,(H,37,38)/t26-,27-,28-,29+,30-,31+,32+,35+,36-/m1/s1. The highest BCUT2D eigenvalue weighted by Gasteiger charge is 2.60. The lowest BCUT2D eigenvalue weighted by Crippen LogP contribution is -2.54. The van der Waals surface area contributed by atoms with Crippen LogP contribution in [-0.4, -0.2) is 23.1 Å². The molecule has 4 nitrogen and oxygen atoms in total. The first-order valence-corrected chi connectivity index (χ1v) is 17.6. The van der Waals surface area contributed by atoms with E-state index in [2.05, 4.69) is 27.7 Å². The van der Waals surface area contributed by atoms with Crippen LogP contribution in [0.4, 0.5) is 0 Å². The van der Waals surface area contributed by atoms with E-state index in [1.807, 2.05) is 0 Å². The lowest BCUT2D eigenvalue weighted by atomic mass is 9.44. The van der Waals surface area contributed by atoms with Crippen molar-refractivity contribution in [3.05, 3.63) is 0 Å². The van der Waals surface area contributed by atoms with E-state index in [9.17, 15) is 14.7 Å². The summed E-state index contributed by atoms with van der Waals surface area (Å²) >= 11 is 0. The number of esters is 1. The van der Waals surface area contributed by atoms with Crippen LogP contribution in [0.2, 0.25) is 0 Å². The second-order valence-electron chi connectivity index (χ2n) is 15.3. The second kappa shape index (κ2) is 14.4. The Hall–Kier alpha value is -1.06. The zero-order valence-corrected chi connectivity index (χ0v) is 26.6. The Morgan fingerprint density at radius 3 is 2.15 bits per heavy atom. The lowest BCUT2D eigenvalue weighted by Gasteiger charge is -2.61. The normalized spacial score (nSPS) is 37.7. The monoisotopic (exact) mass is 558 g/mol. The first-order valence-electron chi connectivity index (χ1n) is 17.6.